The molecule has 0 aromatic heterocycles. The summed E-state index contributed by atoms with van der Waals surface area (Å²) in [5.74, 6) is -0.202. The van der Waals surface area contributed by atoms with Crippen molar-refractivity contribution in [3.63, 3.8) is 0 Å². The minimum absolute atomic E-state index is 0.0852. The second kappa shape index (κ2) is 6.61. The van der Waals surface area contributed by atoms with Gasteiger partial charge in [-0.1, -0.05) is 32.0 Å². The Balaban J connectivity index is 2.31. The number of ether oxygens (including phenoxy) is 1. The topological polar surface area (TPSA) is 21.3 Å². The second-order valence-corrected chi connectivity index (χ2v) is 4.28. The van der Waals surface area contributed by atoms with E-state index >= 15 is 0 Å². The Hall–Kier alpha value is -0.930. The van der Waals surface area contributed by atoms with Gasteiger partial charge >= 0.3 is 0 Å². The van der Waals surface area contributed by atoms with Gasteiger partial charge in [-0.15, -0.1) is 0 Å². The summed E-state index contributed by atoms with van der Waals surface area (Å²) in [6, 6.07) is 7.15. The molecule has 1 aromatic carbocycles. The minimum atomic E-state index is -0.202. The summed E-state index contributed by atoms with van der Waals surface area (Å²) < 4.78 is 18.8. The van der Waals surface area contributed by atoms with E-state index in [4.69, 9.17) is 4.74 Å². The highest BCUT2D eigenvalue weighted by Crippen LogP contribution is 2.08. The van der Waals surface area contributed by atoms with Gasteiger partial charge in [0, 0.05) is 18.2 Å². The van der Waals surface area contributed by atoms with Gasteiger partial charge in [-0.05, 0) is 13.0 Å². The van der Waals surface area contributed by atoms with Crippen LogP contribution in [0.1, 0.15) is 26.3 Å². The first-order valence-electron chi connectivity index (χ1n) is 5.68. The third-order valence-corrected chi connectivity index (χ3v) is 2.29. The molecule has 90 valence electrons. The number of hydrogen-bond acceptors (Lipinski definition) is 2. The summed E-state index contributed by atoms with van der Waals surface area (Å²) in [6.07, 6.45) is 0.0852. The Bertz CT molecular complexity index is 315. The molecule has 0 spiro atoms. The molecule has 0 saturated carbocycles. The van der Waals surface area contributed by atoms with Gasteiger partial charge < -0.3 is 10.1 Å². The molecule has 1 unspecified atom stereocenters. The van der Waals surface area contributed by atoms with Crippen LogP contribution in [0.5, 0.6) is 0 Å². The van der Waals surface area contributed by atoms with Gasteiger partial charge in [0.05, 0.1) is 12.7 Å². The van der Waals surface area contributed by atoms with Crippen LogP contribution in [0.3, 0.4) is 0 Å². The van der Waals surface area contributed by atoms with Crippen LogP contribution >= 0.6 is 0 Å². The van der Waals surface area contributed by atoms with Crippen LogP contribution in [-0.2, 0) is 11.3 Å². The molecule has 2 nitrogen and oxygen atoms in total. The maximum absolute atomic E-state index is 13.3. The summed E-state index contributed by atoms with van der Waals surface area (Å²) >= 11 is 0. The third kappa shape index (κ3) is 4.73. The van der Waals surface area contributed by atoms with Crippen molar-refractivity contribution in [1.29, 1.82) is 0 Å². The summed E-state index contributed by atoms with van der Waals surface area (Å²) in [7, 11) is 0. The molecule has 1 N–H and O–H groups in total. The van der Waals surface area contributed by atoms with Crippen molar-refractivity contribution >= 4 is 0 Å². The predicted molar refractivity (Wildman–Crippen MR) is 63.8 cm³/mol. The van der Waals surface area contributed by atoms with Crippen molar-refractivity contribution in [2.45, 2.75) is 39.5 Å². The van der Waals surface area contributed by atoms with Crippen LogP contribution in [0.4, 0.5) is 4.39 Å². The zero-order chi connectivity index (χ0) is 12.0. The Morgan fingerprint density at radius 3 is 2.56 bits per heavy atom. The Kier molecular flexibility index (Phi) is 5.43. The standard InChI is InChI=1S/C13H20FNO/c1-10(2)15-8-11(3)16-9-12-6-4-5-7-13(12)14/h4-7,10-11,15H,8-9H2,1-3H3. The molecule has 1 aromatic rings. The van der Waals surface area contributed by atoms with Crippen molar-refractivity contribution < 1.29 is 9.13 Å². The van der Waals surface area contributed by atoms with Gasteiger partial charge in [0.15, 0.2) is 0 Å². The molecule has 16 heavy (non-hydrogen) atoms. The lowest BCUT2D eigenvalue weighted by atomic mass is 10.2. The van der Waals surface area contributed by atoms with Crippen molar-refractivity contribution in [2.75, 3.05) is 6.54 Å². The molecular weight excluding hydrogens is 205 g/mol. The molecule has 0 aliphatic heterocycles. The van der Waals surface area contributed by atoms with Crippen LogP contribution in [-0.4, -0.2) is 18.7 Å². The Labute approximate surface area is 96.8 Å². The zero-order valence-electron chi connectivity index (χ0n) is 10.2. The predicted octanol–water partition coefficient (Wildman–Crippen LogP) is 2.73. The first-order valence-corrected chi connectivity index (χ1v) is 5.68. The molecule has 0 bridgehead atoms. The first-order chi connectivity index (χ1) is 7.59. The molecule has 0 heterocycles. The van der Waals surface area contributed by atoms with E-state index in [0.717, 1.165) is 6.54 Å². The monoisotopic (exact) mass is 225 g/mol. The average molecular weight is 225 g/mol. The van der Waals surface area contributed by atoms with Crippen LogP contribution in [0.25, 0.3) is 0 Å². The maximum atomic E-state index is 13.3. The summed E-state index contributed by atoms with van der Waals surface area (Å²) in [5, 5.41) is 3.28. The van der Waals surface area contributed by atoms with Gasteiger partial charge in [0.25, 0.3) is 0 Å². The van der Waals surface area contributed by atoms with E-state index in [0.29, 0.717) is 18.2 Å². The molecule has 1 rings (SSSR count). The lowest BCUT2D eigenvalue weighted by Crippen LogP contribution is -2.31. The van der Waals surface area contributed by atoms with Crippen LogP contribution < -0.4 is 5.32 Å². The summed E-state index contributed by atoms with van der Waals surface area (Å²) in [4.78, 5) is 0. The number of nitrogens with one attached hydrogen (secondary N) is 1. The normalized spacial score (nSPS) is 13.1. The van der Waals surface area contributed by atoms with E-state index in [1.54, 1.807) is 12.1 Å². The fraction of sp³-hybridized carbons (Fsp3) is 0.538. The van der Waals surface area contributed by atoms with E-state index < -0.39 is 0 Å². The zero-order valence-corrected chi connectivity index (χ0v) is 10.2. The molecule has 0 fully saturated rings. The lowest BCUT2D eigenvalue weighted by Gasteiger charge is -2.16. The average Bonchev–Trinajstić information content (AvgIpc) is 2.25. The van der Waals surface area contributed by atoms with E-state index in [1.807, 2.05) is 13.0 Å². The minimum Gasteiger partial charge on any atom is -0.372 e. The van der Waals surface area contributed by atoms with Crippen LogP contribution in [0, 0.1) is 5.82 Å². The number of rotatable bonds is 6. The number of benzene rings is 1. The maximum Gasteiger partial charge on any atom is 0.128 e. The second-order valence-electron chi connectivity index (χ2n) is 4.28. The van der Waals surface area contributed by atoms with Gasteiger partial charge in [0.1, 0.15) is 5.82 Å². The summed E-state index contributed by atoms with van der Waals surface area (Å²) in [6.45, 7) is 7.27. The van der Waals surface area contributed by atoms with E-state index in [1.165, 1.54) is 6.07 Å². The number of halogens is 1. The molecule has 0 saturated heterocycles. The molecule has 0 aliphatic carbocycles. The third-order valence-electron chi connectivity index (χ3n) is 2.29. The highest BCUT2D eigenvalue weighted by molar-refractivity contribution is 5.16. The Morgan fingerprint density at radius 2 is 1.94 bits per heavy atom. The molecule has 0 aliphatic rings. The highest BCUT2D eigenvalue weighted by atomic mass is 19.1. The van der Waals surface area contributed by atoms with Crippen molar-refractivity contribution in [3.05, 3.63) is 35.6 Å². The van der Waals surface area contributed by atoms with Gasteiger partial charge in [-0.25, -0.2) is 4.39 Å². The number of hydrogen-bond donors (Lipinski definition) is 1. The first kappa shape index (κ1) is 13.1. The molecule has 1 atom stereocenters. The van der Waals surface area contributed by atoms with E-state index in [-0.39, 0.29) is 11.9 Å². The highest BCUT2D eigenvalue weighted by Gasteiger charge is 2.05. The van der Waals surface area contributed by atoms with Crippen molar-refractivity contribution in [3.8, 4) is 0 Å². The van der Waals surface area contributed by atoms with Gasteiger partial charge in [-0.3, -0.25) is 0 Å². The van der Waals surface area contributed by atoms with Crippen LogP contribution in [0.15, 0.2) is 24.3 Å². The molecule has 0 amide bonds. The quantitative estimate of drug-likeness (QED) is 0.803. The smallest absolute Gasteiger partial charge is 0.128 e. The summed E-state index contributed by atoms with van der Waals surface area (Å²) in [5.41, 5.74) is 0.610. The SMILES string of the molecule is CC(C)NCC(C)OCc1ccccc1F. The molecule has 3 heteroatoms. The van der Waals surface area contributed by atoms with Crippen LogP contribution in [0.2, 0.25) is 0 Å². The van der Waals surface area contributed by atoms with Crippen molar-refractivity contribution in [2.24, 2.45) is 0 Å². The lowest BCUT2D eigenvalue weighted by molar-refractivity contribution is 0.0504. The fourth-order valence-electron chi connectivity index (χ4n) is 1.31. The van der Waals surface area contributed by atoms with Gasteiger partial charge in [-0.2, -0.15) is 0 Å². The molecule has 0 radical (unpaired) electrons. The fourth-order valence-corrected chi connectivity index (χ4v) is 1.31. The van der Waals surface area contributed by atoms with E-state index in [2.05, 4.69) is 19.2 Å². The van der Waals surface area contributed by atoms with E-state index in [9.17, 15) is 4.39 Å². The Morgan fingerprint density at radius 1 is 1.25 bits per heavy atom. The van der Waals surface area contributed by atoms with Crippen molar-refractivity contribution in [1.82, 2.24) is 5.32 Å². The van der Waals surface area contributed by atoms with Gasteiger partial charge in [0.2, 0.25) is 0 Å². The molecular formula is C13H20FNO. The largest absolute Gasteiger partial charge is 0.372 e.